The molecule has 3 rings (SSSR count). The number of nitrogens with two attached hydrogens (primary N) is 1. The Balaban J connectivity index is 1.42. The Kier molecular flexibility index (Phi) is 16.6. The summed E-state index contributed by atoms with van der Waals surface area (Å²) in [6, 6.07) is 4.06. The van der Waals surface area contributed by atoms with Gasteiger partial charge in [-0.25, -0.2) is 13.4 Å². The zero-order chi connectivity index (χ0) is 40.1. The zero-order valence-corrected chi connectivity index (χ0v) is 32.4. The Bertz CT molecular complexity index is 1820. The maximum atomic E-state index is 13.4. The standard InChI is InChI=1S/C34H53N7O11S2/c1-22-18-26(52-17-7-10-29(42)36-15-16-38-32(43)27(35)21-53(47,48)49)19-23(2)30(22)54(50,51)41-28(33(44)45)20-39-34(3,46)13-5-4-9-25-12-11-24-8-6-14-37-31(24)40-25/h11-12,18-19,27-28,39,41,46H,4-10,13-17,20-21,35H2,1-3H3,(H,36,42)(H,37,40)(H,38,43)(H,44,45)(H,47,48,49). The number of benzene rings is 1. The fourth-order valence-electron chi connectivity index (χ4n) is 5.87. The predicted molar refractivity (Wildman–Crippen MR) is 200 cm³/mol. The van der Waals surface area contributed by atoms with Crippen molar-refractivity contribution in [2.24, 2.45) is 5.73 Å². The van der Waals surface area contributed by atoms with E-state index in [1.165, 1.54) is 24.6 Å². The van der Waals surface area contributed by atoms with Gasteiger partial charge >= 0.3 is 5.97 Å². The molecule has 1 aromatic carbocycles. The van der Waals surface area contributed by atoms with Crippen molar-refractivity contribution in [2.75, 3.05) is 43.9 Å². The number of carboxylic acid groups (broad SMARTS) is 1. The molecule has 2 amide bonds. The summed E-state index contributed by atoms with van der Waals surface area (Å²) in [6.45, 7) is 5.30. The van der Waals surface area contributed by atoms with Gasteiger partial charge in [-0.1, -0.05) is 6.07 Å². The average Bonchev–Trinajstić information content (AvgIpc) is 3.07. The lowest BCUT2D eigenvalue weighted by molar-refractivity contribution is -0.139. The molecule has 1 aromatic heterocycles. The van der Waals surface area contributed by atoms with Crippen LogP contribution in [0, 0.1) is 13.8 Å². The van der Waals surface area contributed by atoms with Gasteiger partial charge in [-0.15, -0.1) is 0 Å². The van der Waals surface area contributed by atoms with E-state index in [0.29, 0.717) is 36.1 Å². The van der Waals surface area contributed by atoms with E-state index in [0.717, 1.165) is 43.7 Å². The van der Waals surface area contributed by atoms with Crippen molar-refractivity contribution in [1.29, 1.82) is 0 Å². The van der Waals surface area contributed by atoms with E-state index in [1.807, 2.05) is 6.07 Å². The van der Waals surface area contributed by atoms with Crippen molar-refractivity contribution in [3.8, 4) is 5.75 Å². The van der Waals surface area contributed by atoms with Crippen LogP contribution in [0.15, 0.2) is 29.2 Å². The number of aromatic nitrogens is 1. The predicted octanol–water partition coefficient (Wildman–Crippen LogP) is 0.106. The molecule has 2 heterocycles. The molecule has 0 saturated carbocycles. The van der Waals surface area contributed by atoms with Gasteiger partial charge in [0.15, 0.2) is 0 Å². The van der Waals surface area contributed by atoms with Gasteiger partial charge in [0, 0.05) is 38.3 Å². The van der Waals surface area contributed by atoms with Gasteiger partial charge in [0.1, 0.15) is 29.4 Å². The van der Waals surface area contributed by atoms with E-state index in [9.17, 15) is 41.4 Å². The quantitative estimate of drug-likeness (QED) is 0.0410. The summed E-state index contributed by atoms with van der Waals surface area (Å²) >= 11 is 0. The van der Waals surface area contributed by atoms with Crippen LogP contribution in [-0.4, -0.2) is 111 Å². The number of aliphatic hydroxyl groups is 1. The lowest BCUT2D eigenvalue weighted by Crippen LogP contribution is -2.53. The van der Waals surface area contributed by atoms with Crippen LogP contribution in [0.25, 0.3) is 0 Å². The number of nitrogens with one attached hydrogen (secondary N) is 5. The maximum Gasteiger partial charge on any atom is 0.323 e. The second-order valence-corrected chi connectivity index (χ2v) is 16.7. The van der Waals surface area contributed by atoms with Gasteiger partial charge in [0.25, 0.3) is 10.1 Å². The van der Waals surface area contributed by atoms with Gasteiger partial charge in [-0.05, 0) is 101 Å². The lowest BCUT2D eigenvalue weighted by atomic mass is 10.0. The van der Waals surface area contributed by atoms with Crippen molar-refractivity contribution in [1.82, 2.24) is 25.7 Å². The number of ether oxygens (including phenoxy) is 1. The van der Waals surface area contributed by atoms with Crippen LogP contribution in [0.5, 0.6) is 5.75 Å². The van der Waals surface area contributed by atoms with Crippen LogP contribution in [0.4, 0.5) is 5.82 Å². The number of carbonyl (C=O) groups excluding carboxylic acids is 2. The summed E-state index contributed by atoms with van der Waals surface area (Å²) in [7, 11) is -8.73. The van der Waals surface area contributed by atoms with E-state index in [-0.39, 0.29) is 43.5 Å². The summed E-state index contributed by atoms with van der Waals surface area (Å²) < 4.78 is 65.2. The maximum absolute atomic E-state index is 13.4. The number of amides is 2. The van der Waals surface area contributed by atoms with E-state index >= 15 is 0 Å². The average molecular weight is 800 g/mol. The molecule has 20 heteroatoms. The Morgan fingerprint density at radius 2 is 1.74 bits per heavy atom. The molecular formula is C34H53N7O11S2. The highest BCUT2D eigenvalue weighted by Gasteiger charge is 2.30. The fraction of sp³-hybridized carbons (Fsp3) is 0.588. The van der Waals surface area contributed by atoms with Crippen molar-refractivity contribution in [2.45, 2.75) is 94.8 Å². The molecule has 1 aliphatic heterocycles. The third-order valence-electron chi connectivity index (χ3n) is 8.57. The number of unbranched alkanes of at least 4 members (excludes halogenated alkanes) is 1. The van der Waals surface area contributed by atoms with Gasteiger partial charge in [-0.3, -0.25) is 24.3 Å². The molecule has 3 unspecified atom stereocenters. The van der Waals surface area contributed by atoms with Crippen molar-refractivity contribution >= 4 is 43.7 Å². The zero-order valence-electron chi connectivity index (χ0n) is 30.8. The van der Waals surface area contributed by atoms with E-state index in [1.54, 1.807) is 13.8 Å². The number of carbonyl (C=O) groups is 3. The smallest absolute Gasteiger partial charge is 0.323 e. The molecule has 0 fully saturated rings. The topological polar surface area (TPSA) is 288 Å². The fourth-order valence-corrected chi connectivity index (χ4v) is 8.12. The third-order valence-corrected chi connectivity index (χ3v) is 11.1. The third kappa shape index (κ3) is 15.1. The number of hydrogen-bond acceptors (Lipinski definition) is 13. The SMILES string of the molecule is Cc1cc(OCCCC(=O)NCCNC(=O)C(N)CS(=O)(=O)O)cc(C)c1S(=O)(=O)NC(CNC(C)(O)CCCCc1ccc2c(n1)NCCC2)C(=O)O. The van der Waals surface area contributed by atoms with E-state index in [2.05, 4.69) is 37.0 Å². The molecule has 0 radical (unpaired) electrons. The number of pyridine rings is 1. The van der Waals surface area contributed by atoms with Crippen LogP contribution >= 0.6 is 0 Å². The molecule has 10 N–H and O–H groups in total. The first kappa shape index (κ1) is 44.5. The molecule has 0 aliphatic carbocycles. The summed E-state index contributed by atoms with van der Waals surface area (Å²) in [5.74, 6) is -2.21. The molecule has 54 heavy (non-hydrogen) atoms. The Labute approximate surface area is 316 Å². The molecule has 18 nitrogen and oxygen atoms in total. The molecule has 302 valence electrons. The number of rotatable bonds is 23. The molecule has 3 atom stereocenters. The number of anilines is 1. The normalized spacial score (nSPS) is 15.2. The second-order valence-electron chi connectivity index (χ2n) is 13.5. The number of aryl methyl sites for hydroxylation is 4. The lowest BCUT2D eigenvalue weighted by Gasteiger charge is -2.27. The highest BCUT2D eigenvalue weighted by Crippen LogP contribution is 2.26. The number of nitrogens with zero attached hydrogens (tertiary/aromatic N) is 1. The molecular weight excluding hydrogens is 747 g/mol. The minimum Gasteiger partial charge on any atom is -0.494 e. The molecule has 0 bridgehead atoms. The monoisotopic (exact) mass is 799 g/mol. The molecule has 1 aliphatic rings. The largest absolute Gasteiger partial charge is 0.494 e. The van der Waals surface area contributed by atoms with Crippen molar-refractivity contribution < 1.29 is 50.7 Å². The molecule has 2 aromatic rings. The van der Waals surface area contributed by atoms with E-state index < -0.39 is 55.6 Å². The van der Waals surface area contributed by atoms with Gasteiger partial charge in [-0.2, -0.15) is 13.1 Å². The minimum absolute atomic E-state index is 0.0131. The van der Waals surface area contributed by atoms with Gasteiger partial charge < -0.3 is 36.6 Å². The van der Waals surface area contributed by atoms with Gasteiger partial charge in [0.05, 0.1) is 17.3 Å². The summed E-state index contributed by atoms with van der Waals surface area (Å²) in [6.07, 6.45) is 4.86. The summed E-state index contributed by atoms with van der Waals surface area (Å²) in [5, 5.41) is 31.7. The Morgan fingerprint density at radius 3 is 2.41 bits per heavy atom. The van der Waals surface area contributed by atoms with Crippen LogP contribution in [0.1, 0.15) is 67.8 Å². The Hall–Kier alpha value is -3.92. The second kappa shape index (κ2) is 20.1. The summed E-state index contributed by atoms with van der Waals surface area (Å²) in [5.41, 5.74) is 6.72. The minimum atomic E-state index is -4.41. The number of fused-ring (bicyclic) bond motifs is 1. The first-order chi connectivity index (χ1) is 25.3. The number of sulfonamides is 1. The highest BCUT2D eigenvalue weighted by molar-refractivity contribution is 7.89. The van der Waals surface area contributed by atoms with Crippen molar-refractivity contribution in [3.05, 3.63) is 46.6 Å². The van der Waals surface area contributed by atoms with Crippen LogP contribution in [0.2, 0.25) is 0 Å². The number of carboxylic acids is 1. The first-order valence-electron chi connectivity index (χ1n) is 17.7. The van der Waals surface area contributed by atoms with E-state index in [4.69, 9.17) is 15.0 Å². The molecule has 0 spiro atoms. The van der Waals surface area contributed by atoms with Crippen LogP contribution in [0.3, 0.4) is 0 Å². The Morgan fingerprint density at radius 1 is 1.06 bits per heavy atom. The number of aliphatic carboxylic acids is 1. The van der Waals surface area contributed by atoms with Gasteiger partial charge in [0.2, 0.25) is 21.8 Å². The van der Waals surface area contributed by atoms with Crippen LogP contribution < -0.4 is 36.5 Å². The van der Waals surface area contributed by atoms with Crippen molar-refractivity contribution in [3.63, 3.8) is 0 Å². The highest BCUT2D eigenvalue weighted by atomic mass is 32.2. The molecule has 0 saturated heterocycles. The number of hydrogen-bond donors (Lipinski definition) is 9. The summed E-state index contributed by atoms with van der Waals surface area (Å²) in [4.78, 5) is 40.5. The first-order valence-corrected chi connectivity index (χ1v) is 20.8. The van der Waals surface area contributed by atoms with Crippen LogP contribution in [-0.2, 0) is 47.4 Å².